The molecule has 170 valence electrons. The van der Waals surface area contributed by atoms with E-state index in [0.717, 1.165) is 22.9 Å². The fourth-order valence-electron chi connectivity index (χ4n) is 3.41. The van der Waals surface area contributed by atoms with Crippen LogP contribution in [0.15, 0.2) is 53.6 Å². The summed E-state index contributed by atoms with van der Waals surface area (Å²) < 4.78 is 23.6. The van der Waals surface area contributed by atoms with Gasteiger partial charge in [0, 0.05) is 19.4 Å². The van der Waals surface area contributed by atoms with Gasteiger partial charge in [0.05, 0.1) is 17.2 Å². The summed E-state index contributed by atoms with van der Waals surface area (Å²) in [6, 6.07) is 13.0. The van der Waals surface area contributed by atoms with Gasteiger partial charge in [-0.2, -0.15) is 0 Å². The number of carbonyl (C=O) groups excluding carboxylic acids is 1. The van der Waals surface area contributed by atoms with E-state index in [-0.39, 0.29) is 25.1 Å². The number of nitrogens with one attached hydrogen (secondary N) is 1. The number of aliphatic hydroxyl groups excluding tert-OH is 1. The maximum absolute atomic E-state index is 12.9. The molecule has 10 heteroatoms. The topological polar surface area (TPSA) is 139 Å². The molecule has 0 saturated heterocycles. The van der Waals surface area contributed by atoms with Crippen LogP contribution in [0.4, 0.5) is 0 Å². The molecular formula is C22H25N3O6S. The molecule has 2 aromatic carbocycles. The lowest BCUT2D eigenvalue weighted by Crippen LogP contribution is -2.50. The van der Waals surface area contributed by atoms with Gasteiger partial charge in [-0.1, -0.05) is 30.3 Å². The number of hydrogen-bond donors (Lipinski definition) is 3. The van der Waals surface area contributed by atoms with Gasteiger partial charge in [-0.05, 0) is 48.6 Å². The lowest BCUT2D eigenvalue weighted by Gasteiger charge is -2.25. The highest BCUT2D eigenvalue weighted by atomic mass is 32.2. The summed E-state index contributed by atoms with van der Waals surface area (Å²) in [6.07, 6.45) is 2.58. The zero-order chi connectivity index (χ0) is 23.5. The minimum Gasteiger partial charge on any atom is -0.396 e. The molecule has 0 fully saturated rings. The molecule has 3 rings (SSSR count). The van der Waals surface area contributed by atoms with Crippen molar-refractivity contribution in [3.05, 3.63) is 64.7 Å². The second kappa shape index (κ2) is 9.19. The molecule has 0 aliphatic rings. The first-order valence-corrected chi connectivity index (χ1v) is 11.8. The first-order chi connectivity index (χ1) is 15.1. The van der Waals surface area contributed by atoms with Gasteiger partial charge in [0.15, 0.2) is 14.6 Å². The standard InChI is InChI=1S/C22H25N3O6S/c1-22(21(28)24-29,32(2,30)31)10-11-25-14-23-19-13-17(7-8-18(19)20(25)27)16-5-3-15(4-6-16)9-12-26/h3-8,13-14,26,29H,9-12H2,1-2H3,(H,24,28)/t22-/m1/s1. The van der Waals surface area contributed by atoms with Crippen molar-refractivity contribution in [3.63, 3.8) is 0 Å². The molecule has 3 aromatic rings. The summed E-state index contributed by atoms with van der Waals surface area (Å²) in [5.41, 5.74) is 4.36. The van der Waals surface area contributed by atoms with Crippen molar-refractivity contribution in [1.29, 1.82) is 0 Å². The fourth-order valence-corrected chi connectivity index (χ4v) is 4.25. The molecule has 9 nitrogen and oxygen atoms in total. The summed E-state index contributed by atoms with van der Waals surface area (Å²) in [5.74, 6) is -1.06. The number of aromatic nitrogens is 2. The Bertz CT molecular complexity index is 1300. The van der Waals surface area contributed by atoms with Gasteiger partial charge in [-0.25, -0.2) is 18.9 Å². The largest absolute Gasteiger partial charge is 0.396 e. The van der Waals surface area contributed by atoms with Crippen molar-refractivity contribution in [2.45, 2.75) is 31.1 Å². The maximum Gasteiger partial charge on any atom is 0.264 e. The second-order valence-corrected chi connectivity index (χ2v) is 10.3. The van der Waals surface area contributed by atoms with Crippen molar-refractivity contribution in [2.24, 2.45) is 0 Å². The van der Waals surface area contributed by atoms with Gasteiger partial charge >= 0.3 is 0 Å². The highest BCUT2D eigenvalue weighted by Crippen LogP contribution is 2.24. The Morgan fingerprint density at radius 2 is 1.81 bits per heavy atom. The molecule has 0 spiro atoms. The monoisotopic (exact) mass is 459 g/mol. The average molecular weight is 460 g/mol. The van der Waals surface area contributed by atoms with E-state index in [9.17, 15) is 18.0 Å². The summed E-state index contributed by atoms with van der Waals surface area (Å²) in [7, 11) is -3.87. The Labute approximate surface area is 185 Å². The predicted octanol–water partition coefficient (Wildman–Crippen LogP) is 1.30. The molecule has 0 bridgehead atoms. The van der Waals surface area contributed by atoms with Crippen LogP contribution in [0.3, 0.4) is 0 Å². The molecular weight excluding hydrogens is 434 g/mol. The minimum atomic E-state index is -3.87. The van der Waals surface area contributed by atoms with Crippen LogP contribution >= 0.6 is 0 Å². The van der Waals surface area contributed by atoms with Gasteiger partial charge in [0.25, 0.3) is 11.5 Å². The van der Waals surface area contributed by atoms with E-state index in [0.29, 0.717) is 17.3 Å². The lowest BCUT2D eigenvalue weighted by molar-refractivity contribution is -0.131. The number of amides is 1. The highest BCUT2D eigenvalue weighted by molar-refractivity contribution is 7.92. The van der Waals surface area contributed by atoms with Crippen LogP contribution in [-0.4, -0.2) is 51.8 Å². The number of nitrogens with zero attached hydrogens (tertiary/aromatic N) is 2. The summed E-state index contributed by atoms with van der Waals surface area (Å²) in [6.45, 7) is 1.21. The lowest BCUT2D eigenvalue weighted by atomic mass is 10.0. The third kappa shape index (κ3) is 4.57. The van der Waals surface area contributed by atoms with Crippen LogP contribution in [-0.2, 0) is 27.6 Å². The number of aliphatic hydroxyl groups is 1. The molecule has 0 aliphatic heterocycles. The van der Waals surface area contributed by atoms with Crippen LogP contribution in [0, 0.1) is 0 Å². The van der Waals surface area contributed by atoms with Crippen molar-refractivity contribution < 1.29 is 23.5 Å². The van der Waals surface area contributed by atoms with Crippen LogP contribution in [0.1, 0.15) is 18.9 Å². The Morgan fingerprint density at radius 3 is 2.41 bits per heavy atom. The Balaban J connectivity index is 1.90. The number of carbonyl (C=O) groups is 1. The Hall–Kier alpha value is -3.08. The summed E-state index contributed by atoms with van der Waals surface area (Å²) in [5, 5.41) is 18.3. The zero-order valence-corrected chi connectivity index (χ0v) is 18.6. The number of rotatable bonds is 8. The molecule has 1 aromatic heterocycles. The quantitative estimate of drug-likeness (QED) is 0.341. The van der Waals surface area contributed by atoms with Crippen molar-refractivity contribution in [3.8, 4) is 11.1 Å². The van der Waals surface area contributed by atoms with Gasteiger partial charge in [-0.3, -0.25) is 19.4 Å². The summed E-state index contributed by atoms with van der Waals surface area (Å²) >= 11 is 0. The smallest absolute Gasteiger partial charge is 0.264 e. The number of sulfone groups is 1. The number of hydrogen-bond acceptors (Lipinski definition) is 7. The Kier molecular flexibility index (Phi) is 6.77. The third-order valence-electron chi connectivity index (χ3n) is 5.74. The van der Waals surface area contributed by atoms with E-state index >= 15 is 0 Å². The van der Waals surface area contributed by atoms with Gasteiger partial charge in [0.1, 0.15) is 0 Å². The van der Waals surface area contributed by atoms with Crippen LogP contribution in [0.2, 0.25) is 0 Å². The minimum absolute atomic E-state index is 0.0766. The van der Waals surface area contributed by atoms with E-state index in [2.05, 4.69) is 4.98 Å². The molecule has 1 heterocycles. The number of aryl methyl sites for hydroxylation is 1. The first-order valence-electron chi connectivity index (χ1n) is 9.94. The first kappa shape index (κ1) is 23.6. The van der Waals surface area contributed by atoms with Gasteiger partial charge in [-0.15, -0.1) is 0 Å². The maximum atomic E-state index is 12.9. The van der Waals surface area contributed by atoms with E-state index in [1.165, 1.54) is 23.3 Å². The number of fused-ring (bicyclic) bond motifs is 1. The van der Waals surface area contributed by atoms with Crippen LogP contribution in [0.25, 0.3) is 22.0 Å². The molecule has 32 heavy (non-hydrogen) atoms. The van der Waals surface area contributed by atoms with E-state index in [1.807, 2.05) is 24.3 Å². The second-order valence-electron chi connectivity index (χ2n) is 7.84. The molecule has 1 amide bonds. The Morgan fingerprint density at radius 1 is 1.16 bits per heavy atom. The fraction of sp³-hybridized carbons (Fsp3) is 0.318. The molecule has 0 unspecified atom stereocenters. The SMILES string of the molecule is C[C@@](CCn1cnc2cc(-c3ccc(CCO)cc3)ccc2c1=O)(C(=O)NO)S(C)(=O)=O. The van der Waals surface area contributed by atoms with E-state index < -0.39 is 20.5 Å². The molecule has 1 atom stereocenters. The average Bonchev–Trinajstić information content (AvgIpc) is 2.77. The van der Waals surface area contributed by atoms with E-state index in [1.54, 1.807) is 18.2 Å². The van der Waals surface area contributed by atoms with Crippen molar-refractivity contribution in [1.82, 2.24) is 15.0 Å². The van der Waals surface area contributed by atoms with Crippen molar-refractivity contribution in [2.75, 3.05) is 12.9 Å². The van der Waals surface area contributed by atoms with Crippen LogP contribution in [0.5, 0.6) is 0 Å². The van der Waals surface area contributed by atoms with E-state index in [4.69, 9.17) is 10.3 Å². The predicted molar refractivity (Wildman–Crippen MR) is 120 cm³/mol. The molecule has 0 saturated carbocycles. The van der Waals surface area contributed by atoms with Gasteiger partial charge in [0.2, 0.25) is 0 Å². The van der Waals surface area contributed by atoms with Crippen LogP contribution < -0.4 is 11.0 Å². The molecule has 0 aliphatic carbocycles. The molecule has 0 radical (unpaired) electrons. The number of benzene rings is 2. The molecule has 3 N–H and O–H groups in total. The summed E-state index contributed by atoms with van der Waals surface area (Å²) in [4.78, 5) is 29.2. The third-order valence-corrected chi connectivity index (χ3v) is 7.77. The zero-order valence-electron chi connectivity index (χ0n) is 17.8. The number of hydroxylamine groups is 1. The van der Waals surface area contributed by atoms with Gasteiger partial charge < -0.3 is 5.11 Å². The van der Waals surface area contributed by atoms with Crippen molar-refractivity contribution >= 4 is 26.6 Å². The normalized spacial score (nSPS) is 13.6. The highest BCUT2D eigenvalue weighted by Gasteiger charge is 2.43.